The van der Waals surface area contributed by atoms with Crippen LogP contribution in [-0.2, 0) is 4.74 Å². The van der Waals surface area contributed by atoms with Crippen molar-refractivity contribution in [3.05, 3.63) is 41.7 Å². The zero-order valence-electron chi connectivity index (χ0n) is 12.6. The van der Waals surface area contributed by atoms with E-state index < -0.39 is 5.60 Å². The molecule has 0 atom stereocenters. The Balaban J connectivity index is 1.61. The maximum absolute atomic E-state index is 13.7. The van der Waals surface area contributed by atoms with Crippen LogP contribution < -0.4 is 0 Å². The molecule has 112 valence electrons. The Morgan fingerprint density at radius 3 is 2.48 bits per heavy atom. The van der Waals surface area contributed by atoms with Gasteiger partial charge >= 0.3 is 6.09 Å². The molecule has 1 fully saturated rings. The molecule has 1 aliphatic carbocycles. The Bertz CT molecular complexity index is 609. The maximum Gasteiger partial charge on any atom is 0.410 e. The van der Waals surface area contributed by atoms with E-state index in [2.05, 4.69) is 6.08 Å². The van der Waals surface area contributed by atoms with E-state index in [0.717, 1.165) is 12.0 Å². The Morgan fingerprint density at radius 2 is 1.90 bits per heavy atom. The number of nitrogens with zero attached hydrogens (tertiary/aromatic N) is 1. The molecule has 0 saturated carbocycles. The number of halogens is 1. The molecule has 1 saturated heterocycles. The predicted octanol–water partition coefficient (Wildman–Crippen LogP) is 3.85. The number of carbonyl (C=O) groups excluding carboxylic acids is 1. The van der Waals surface area contributed by atoms with Crippen molar-refractivity contribution in [1.29, 1.82) is 0 Å². The highest BCUT2D eigenvalue weighted by molar-refractivity contribution is 5.76. The van der Waals surface area contributed by atoms with Gasteiger partial charge < -0.3 is 9.64 Å². The van der Waals surface area contributed by atoms with Crippen LogP contribution in [0.2, 0.25) is 0 Å². The van der Waals surface area contributed by atoms with Crippen LogP contribution in [0.1, 0.15) is 32.8 Å². The zero-order valence-corrected chi connectivity index (χ0v) is 12.6. The van der Waals surface area contributed by atoms with E-state index in [1.165, 1.54) is 6.07 Å². The largest absolute Gasteiger partial charge is 0.444 e. The number of amides is 1. The van der Waals surface area contributed by atoms with Gasteiger partial charge in [-0.2, -0.15) is 0 Å². The molecule has 1 spiro atoms. The SMILES string of the molecule is CC(C)(C)OC(=O)N1CC2(C=C(c3ccccc3F)C2)C1. The average molecular weight is 289 g/mol. The molecule has 1 amide bonds. The van der Waals surface area contributed by atoms with Crippen molar-refractivity contribution >= 4 is 11.7 Å². The van der Waals surface area contributed by atoms with Crippen LogP contribution in [-0.4, -0.2) is 29.7 Å². The summed E-state index contributed by atoms with van der Waals surface area (Å²) in [5, 5.41) is 0. The van der Waals surface area contributed by atoms with Crippen LogP contribution in [0.25, 0.3) is 5.57 Å². The van der Waals surface area contributed by atoms with Gasteiger partial charge in [0.15, 0.2) is 0 Å². The predicted molar refractivity (Wildman–Crippen MR) is 79.2 cm³/mol. The lowest BCUT2D eigenvalue weighted by atomic mass is 9.64. The van der Waals surface area contributed by atoms with Gasteiger partial charge in [0.1, 0.15) is 11.4 Å². The highest BCUT2D eigenvalue weighted by Gasteiger charge is 2.50. The Kier molecular flexibility index (Phi) is 3.08. The van der Waals surface area contributed by atoms with Crippen LogP contribution in [0.4, 0.5) is 9.18 Å². The number of likely N-dealkylation sites (tertiary alicyclic amines) is 1. The zero-order chi connectivity index (χ0) is 15.3. The first-order chi connectivity index (χ1) is 9.78. The molecular formula is C17H20FNO2. The van der Waals surface area contributed by atoms with Gasteiger partial charge in [0.2, 0.25) is 0 Å². The second-order valence-electron chi connectivity index (χ2n) is 7.02. The molecule has 1 aromatic carbocycles. The van der Waals surface area contributed by atoms with Crippen molar-refractivity contribution in [2.45, 2.75) is 32.8 Å². The van der Waals surface area contributed by atoms with Crippen LogP contribution >= 0.6 is 0 Å². The molecule has 0 unspecified atom stereocenters. The van der Waals surface area contributed by atoms with Gasteiger partial charge in [-0.15, -0.1) is 0 Å². The summed E-state index contributed by atoms with van der Waals surface area (Å²) in [7, 11) is 0. The van der Waals surface area contributed by atoms with Crippen LogP contribution in [0.15, 0.2) is 30.3 Å². The van der Waals surface area contributed by atoms with E-state index in [-0.39, 0.29) is 17.3 Å². The van der Waals surface area contributed by atoms with Crippen molar-refractivity contribution in [2.75, 3.05) is 13.1 Å². The number of benzene rings is 1. The number of rotatable bonds is 1. The van der Waals surface area contributed by atoms with Crippen LogP contribution in [0, 0.1) is 11.2 Å². The summed E-state index contributed by atoms with van der Waals surface area (Å²) >= 11 is 0. The minimum atomic E-state index is -0.465. The lowest BCUT2D eigenvalue weighted by molar-refractivity contribution is -0.0208. The van der Waals surface area contributed by atoms with E-state index in [9.17, 15) is 9.18 Å². The Labute approximate surface area is 124 Å². The number of carbonyl (C=O) groups is 1. The minimum absolute atomic E-state index is 0.0362. The quantitative estimate of drug-likeness (QED) is 0.786. The van der Waals surface area contributed by atoms with Gasteiger partial charge in [-0.3, -0.25) is 0 Å². The lowest BCUT2D eigenvalue weighted by Crippen LogP contribution is -2.60. The van der Waals surface area contributed by atoms with E-state index in [1.54, 1.807) is 17.0 Å². The van der Waals surface area contributed by atoms with Crippen molar-refractivity contribution < 1.29 is 13.9 Å². The molecule has 4 heteroatoms. The Morgan fingerprint density at radius 1 is 1.29 bits per heavy atom. The highest BCUT2D eigenvalue weighted by atomic mass is 19.1. The third-order valence-corrected chi connectivity index (χ3v) is 3.91. The second kappa shape index (κ2) is 4.58. The lowest BCUT2D eigenvalue weighted by Gasteiger charge is -2.53. The first-order valence-corrected chi connectivity index (χ1v) is 7.23. The summed E-state index contributed by atoms with van der Waals surface area (Å²) < 4.78 is 19.0. The molecular weight excluding hydrogens is 269 g/mol. The molecule has 21 heavy (non-hydrogen) atoms. The standard InChI is InChI=1S/C17H20FNO2/c1-16(2,3)21-15(20)19-10-17(11-19)8-12(9-17)13-6-4-5-7-14(13)18/h4-8H,9-11H2,1-3H3. The number of hydrogen-bond donors (Lipinski definition) is 0. The fourth-order valence-corrected chi connectivity index (χ4v) is 2.99. The van der Waals surface area contributed by atoms with Crippen LogP contribution in [0.3, 0.4) is 0 Å². The van der Waals surface area contributed by atoms with Gasteiger partial charge in [0, 0.05) is 24.1 Å². The summed E-state index contributed by atoms with van der Waals surface area (Å²) in [5.41, 5.74) is 1.29. The molecule has 1 aliphatic heterocycles. The molecule has 0 aromatic heterocycles. The normalized spacial score (nSPS) is 19.6. The number of ether oxygens (including phenoxy) is 1. The molecule has 2 aliphatic rings. The molecule has 3 rings (SSSR count). The molecule has 1 aromatic rings. The van der Waals surface area contributed by atoms with E-state index >= 15 is 0 Å². The highest BCUT2D eigenvalue weighted by Crippen LogP contribution is 2.50. The van der Waals surface area contributed by atoms with E-state index in [1.807, 2.05) is 26.8 Å². The smallest absolute Gasteiger partial charge is 0.410 e. The summed E-state index contributed by atoms with van der Waals surface area (Å²) in [5.74, 6) is -0.179. The van der Waals surface area contributed by atoms with Gasteiger partial charge in [0.25, 0.3) is 0 Å². The van der Waals surface area contributed by atoms with E-state index in [4.69, 9.17) is 4.74 Å². The number of allylic oxidation sites excluding steroid dienone is 1. The fraction of sp³-hybridized carbons (Fsp3) is 0.471. The fourth-order valence-electron chi connectivity index (χ4n) is 2.99. The van der Waals surface area contributed by atoms with Gasteiger partial charge in [-0.25, -0.2) is 9.18 Å². The molecule has 0 N–H and O–H groups in total. The second-order valence-corrected chi connectivity index (χ2v) is 7.02. The van der Waals surface area contributed by atoms with Gasteiger partial charge in [-0.05, 0) is 38.8 Å². The molecule has 0 radical (unpaired) electrons. The summed E-state index contributed by atoms with van der Waals surface area (Å²) in [6, 6.07) is 6.83. The molecule has 0 bridgehead atoms. The summed E-state index contributed by atoms with van der Waals surface area (Å²) in [6.07, 6.45) is 2.67. The summed E-state index contributed by atoms with van der Waals surface area (Å²) in [4.78, 5) is 13.6. The molecule has 3 nitrogen and oxygen atoms in total. The van der Waals surface area contributed by atoms with Crippen molar-refractivity contribution in [3.63, 3.8) is 0 Å². The third-order valence-electron chi connectivity index (χ3n) is 3.91. The first kappa shape index (κ1) is 14.1. The van der Waals surface area contributed by atoms with Crippen LogP contribution in [0.5, 0.6) is 0 Å². The van der Waals surface area contributed by atoms with E-state index in [0.29, 0.717) is 18.7 Å². The van der Waals surface area contributed by atoms with Gasteiger partial charge in [0.05, 0.1) is 0 Å². The minimum Gasteiger partial charge on any atom is -0.444 e. The average Bonchev–Trinajstić information content (AvgIpc) is 2.25. The third kappa shape index (κ3) is 2.67. The maximum atomic E-state index is 13.7. The first-order valence-electron chi connectivity index (χ1n) is 7.23. The van der Waals surface area contributed by atoms with Gasteiger partial charge in [-0.1, -0.05) is 24.3 Å². The molecule has 1 heterocycles. The topological polar surface area (TPSA) is 29.5 Å². The van der Waals surface area contributed by atoms with Crippen molar-refractivity contribution in [2.24, 2.45) is 5.41 Å². The van der Waals surface area contributed by atoms with Crippen molar-refractivity contribution in [3.8, 4) is 0 Å². The Hall–Kier alpha value is -1.84. The number of hydrogen-bond acceptors (Lipinski definition) is 2. The summed E-state index contributed by atoms with van der Waals surface area (Å²) in [6.45, 7) is 6.92. The monoisotopic (exact) mass is 289 g/mol. The van der Waals surface area contributed by atoms with Crippen molar-refractivity contribution in [1.82, 2.24) is 4.90 Å².